The van der Waals surface area contributed by atoms with Gasteiger partial charge in [0.25, 0.3) is 0 Å². The molecule has 0 saturated carbocycles. The zero-order valence-corrected chi connectivity index (χ0v) is 14.0. The zero-order valence-electron chi connectivity index (χ0n) is 11.6. The molecule has 1 heterocycles. The van der Waals surface area contributed by atoms with Crippen LogP contribution in [0.4, 0.5) is 0 Å². The van der Waals surface area contributed by atoms with Crippen molar-refractivity contribution in [2.75, 3.05) is 6.54 Å². The molecule has 0 aliphatic carbocycles. The second-order valence-electron chi connectivity index (χ2n) is 5.48. The average Bonchev–Trinajstić information content (AvgIpc) is 2.82. The summed E-state index contributed by atoms with van der Waals surface area (Å²) in [5.41, 5.74) is 0.946. The highest BCUT2D eigenvalue weighted by Gasteiger charge is 2.36. The second-order valence-corrected chi connectivity index (χ2v) is 8.23. The minimum absolute atomic E-state index is 0.133. The first kappa shape index (κ1) is 15.0. The van der Waals surface area contributed by atoms with Crippen molar-refractivity contribution in [2.24, 2.45) is 5.92 Å². The lowest BCUT2D eigenvalue weighted by atomic mass is 10.0. The van der Waals surface area contributed by atoms with Crippen molar-refractivity contribution in [2.45, 2.75) is 44.6 Å². The molecular weight excluding hydrogens is 326 g/mol. The molecule has 0 amide bonds. The van der Waals surface area contributed by atoms with Gasteiger partial charge in [-0.2, -0.15) is 4.31 Å². The maximum atomic E-state index is 12.7. The topological polar surface area (TPSA) is 37.4 Å². The lowest BCUT2D eigenvalue weighted by molar-refractivity contribution is 0.316. The lowest BCUT2D eigenvalue weighted by Crippen LogP contribution is -2.38. The van der Waals surface area contributed by atoms with Crippen LogP contribution in [0.25, 0.3) is 0 Å². The van der Waals surface area contributed by atoms with Gasteiger partial charge in [0.1, 0.15) is 0 Å². The molecule has 0 aromatic heterocycles. The van der Waals surface area contributed by atoms with E-state index in [9.17, 15) is 8.42 Å². The van der Waals surface area contributed by atoms with Crippen LogP contribution in [-0.2, 0) is 10.0 Å². The van der Waals surface area contributed by atoms with Gasteiger partial charge in [0.15, 0.2) is 0 Å². The Bertz CT molecular complexity index is 569. The van der Waals surface area contributed by atoms with Gasteiger partial charge in [0.05, 0.1) is 4.90 Å². The van der Waals surface area contributed by atoms with Crippen molar-refractivity contribution < 1.29 is 8.42 Å². The van der Waals surface area contributed by atoms with Crippen LogP contribution < -0.4 is 0 Å². The van der Waals surface area contributed by atoms with Crippen LogP contribution in [0.15, 0.2) is 27.6 Å². The molecule has 0 spiro atoms. The van der Waals surface area contributed by atoms with Gasteiger partial charge in [-0.15, -0.1) is 0 Å². The summed E-state index contributed by atoms with van der Waals surface area (Å²) < 4.78 is 28.1. The molecule has 1 atom stereocenters. The molecule has 1 aliphatic rings. The van der Waals surface area contributed by atoms with E-state index < -0.39 is 10.0 Å². The zero-order chi connectivity index (χ0) is 14.2. The second kappa shape index (κ2) is 5.54. The number of aryl methyl sites for hydroxylation is 1. The summed E-state index contributed by atoms with van der Waals surface area (Å²) in [6, 6.07) is 5.37. The Labute approximate surface area is 124 Å². The first-order valence-corrected chi connectivity index (χ1v) is 8.85. The molecule has 1 unspecified atom stereocenters. The van der Waals surface area contributed by atoms with Crippen LogP contribution in [0.2, 0.25) is 0 Å². The van der Waals surface area contributed by atoms with Gasteiger partial charge in [0.2, 0.25) is 10.0 Å². The van der Waals surface area contributed by atoms with E-state index in [0.29, 0.717) is 17.4 Å². The fraction of sp³-hybridized carbons (Fsp3) is 0.571. The van der Waals surface area contributed by atoms with E-state index in [0.717, 1.165) is 22.9 Å². The molecule has 0 radical (unpaired) electrons. The minimum atomic E-state index is -3.36. The fourth-order valence-corrected chi connectivity index (χ4v) is 4.80. The van der Waals surface area contributed by atoms with E-state index >= 15 is 0 Å². The SMILES string of the molecule is Cc1cc(S(=O)(=O)N2CCCC2C(C)C)ccc1Br. The summed E-state index contributed by atoms with van der Waals surface area (Å²) in [4.78, 5) is 0.403. The van der Waals surface area contributed by atoms with Gasteiger partial charge in [-0.3, -0.25) is 0 Å². The standard InChI is InChI=1S/C14H20BrNO2S/c1-10(2)14-5-4-8-16(14)19(17,18)12-6-7-13(15)11(3)9-12/h6-7,9-10,14H,4-5,8H2,1-3H3. The Hall–Kier alpha value is -0.390. The molecule has 5 heteroatoms. The van der Waals surface area contributed by atoms with Crippen molar-refractivity contribution in [3.8, 4) is 0 Å². The molecule has 0 N–H and O–H groups in total. The minimum Gasteiger partial charge on any atom is -0.207 e. The highest BCUT2D eigenvalue weighted by molar-refractivity contribution is 9.10. The summed E-state index contributed by atoms with van der Waals surface area (Å²) in [5.74, 6) is 0.355. The summed E-state index contributed by atoms with van der Waals surface area (Å²) in [6.45, 7) is 6.73. The molecule has 3 nitrogen and oxygen atoms in total. The van der Waals surface area contributed by atoms with Crippen molar-refractivity contribution in [1.29, 1.82) is 0 Å². The summed E-state index contributed by atoms with van der Waals surface area (Å²) in [5, 5.41) is 0. The number of nitrogens with zero attached hydrogens (tertiary/aromatic N) is 1. The quantitative estimate of drug-likeness (QED) is 0.839. The molecule has 1 aromatic carbocycles. The van der Waals surface area contributed by atoms with E-state index in [1.807, 2.05) is 13.0 Å². The van der Waals surface area contributed by atoms with Crippen LogP contribution in [0.5, 0.6) is 0 Å². The Kier molecular flexibility index (Phi) is 4.38. The van der Waals surface area contributed by atoms with E-state index in [1.54, 1.807) is 16.4 Å². The van der Waals surface area contributed by atoms with E-state index in [2.05, 4.69) is 29.8 Å². The monoisotopic (exact) mass is 345 g/mol. The third kappa shape index (κ3) is 2.88. The molecule has 1 aromatic rings. The van der Waals surface area contributed by atoms with Crippen molar-refractivity contribution >= 4 is 26.0 Å². The van der Waals surface area contributed by atoms with Crippen LogP contribution in [0, 0.1) is 12.8 Å². The van der Waals surface area contributed by atoms with Gasteiger partial charge >= 0.3 is 0 Å². The molecule has 1 fully saturated rings. The smallest absolute Gasteiger partial charge is 0.207 e. The van der Waals surface area contributed by atoms with Crippen molar-refractivity contribution in [1.82, 2.24) is 4.31 Å². The van der Waals surface area contributed by atoms with E-state index in [-0.39, 0.29) is 6.04 Å². The van der Waals surface area contributed by atoms with Gasteiger partial charge in [-0.05, 0) is 49.4 Å². The number of hydrogen-bond donors (Lipinski definition) is 0. The Morgan fingerprint density at radius 1 is 1.37 bits per heavy atom. The first-order valence-electron chi connectivity index (χ1n) is 6.62. The Morgan fingerprint density at radius 3 is 2.63 bits per heavy atom. The van der Waals surface area contributed by atoms with Crippen molar-refractivity contribution in [3.05, 3.63) is 28.2 Å². The highest BCUT2D eigenvalue weighted by Crippen LogP contribution is 2.31. The number of benzene rings is 1. The molecule has 1 aliphatic heterocycles. The van der Waals surface area contributed by atoms with Gasteiger partial charge < -0.3 is 0 Å². The lowest BCUT2D eigenvalue weighted by Gasteiger charge is -2.27. The number of hydrogen-bond acceptors (Lipinski definition) is 2. The third-order valence-corrected chi connectivity index (χ3v) is 6.56. The fourth-order valence-electron chi connectivity index (χ4n) is 2.64. The summed E-state index contributed by atoms with van der Waals surface area (Å²) >= 11 is 3.41. The highest BCUT2D eigenvalue weighted by atomic mass is 79.9. The first-order chi connectivity index (χ1) is 8.84. The maximum absolute atomic E-state index is 12.7. The summed E-state index contributed by atoms with van der Waals surface area (Å²) in [6.07, 6.45) is 1.92. The Balaban J connectivity index is 2.39. The number of rotatable bonds is 3. The van der Waals surface area contributed by atoms with Gasteiger partial charge in [0, 0.05) is 17.1 Å². The van der Waals surface area contributed by atoms with E-state index in [1.165, 1.54) is 0 Å². The van der Waals surface area contributed by atoms with Gasteiger partial charge in [-0.25, -0.2) is 8.42 Å². The normalized spacial score (nSPS) is 21.2. The van der Waals surface area contributed by atoms with E-state index in [4.69, 9.17) is 0 Å². The summed E-state index contributed by atoms with van der Waals surface area (Å²) in [7, 11) is -3.36. The maximum Gasteiger partial charge on any atom is 0.243 e. The largest absolute Gasteiger partial charge is 0.243 e. The van der Waals surface area contributed by atoms with Crippen molar-refractivity contribution in [3.63, 3.8) is 0 Å². The molecule has 19 heavy (non-hydrogen) atoms. The third-order valence-electron chi connectivity index (χ3n) is 3.75. The predicted molar refractivity (Wildman–Crippen MR) is 80.6 cm³/mol. The van der Waals surface area contributed by atoms with Crippen LogP contribution in [0.3, 0.4) is 0 Å². The van der Waals surface area contributed by atoms with Crippen LogP contribution >= 0.6 is 15.9 Å². The molecule has 106 valence electrons. The number of halogens is 1. The molecule has 0 bridgehead atoms. The molecular formula is C14H20BrNO2S. The molecule has 2 rings (SSSR count). The predicted octanol–water partition coefficient (Wildman–Crippen LogP) is 3.57. The van der Waals surface area contributed by atoms with Crippen LogP contribution in [-0.4, -0.2) is 25.3 Å². The molecule has 1 saturated heterocycles. The Morgan fingerprint density at radius 2 is 2.05 bits per heavy atom. The number of sulfonamides is 1. The van der Waals surface area contributed by atoms with Gasteiger partial charge in [-0.1, -0.05) is 29.8 Å². The average molecular weight is 346 g/mol. The van der Waals surface area contributed by atoms with Crippen LogP contribution in [0.1, 0.15) is 32.3 Å².